The number of ether oxygens (including phenoxy) is 1. The molecule has 1 heterocycles. The number of amides is 1. The number of cyclic esters (lactones) is 1. The van der Waals surface area contributed by atoms with Crippen molar-refractivity contribution in [3.63, 3.8) is 0 Å². The first-order valence-electron chi connectivity index (χ1n) is 4.29. The highest BCUT2D eigenvalue weighted by molar-refractivity contribution is 6.06. The fourth-order valence-electron chi connectivity index (χ4n) is 1.28. The number of esters is 1. The zero-order valence-electron chi connectivity index (χ0n) is 7.61. The summed E-state index contributed by atoms with van der Waals surface area (Å²) in [6.45, 7) is 1.54. The molecule has 1 aliphatic rings. The predicted molar refractivity (Wildman–Crippen MR) is 49.9 cm³/mol. The van der Waals surface area contributed by atoms with Crippen LogP contribution in [0.15, 0.2) is 24.3 Å². The van der Waals surface area contributed by atoms with Gasteiger partial charge in [0, 0.05) is 0 Å². The third-order valence-electron chi connectivity index (χ3n) is 2.06. The summed E-state index contributed by atoms with van der Waals surface area (Å²) in [5.74, 6) is -0.769. The Balaban J connectivity index is 2.48. The molecule has 0 saturated carbocycles. The Bertz CT molecular complexity index is 400. The van der Waals surface area contributed by atoms with E-state index in [1.165, 1.54) is 0 Å². The number of carbonyl (C=O) groups is 2. The summed E-state index contributed by atoms with van der Waals surface area (Å²) in [7, 11) is 0. The molecule has 0 radical (unpaired) electrons. The maximum absolute atomic E-state index is 11.4. The van der Waals surface area contributed by atoms with Gasteiger partial charge in [0.15, 0.2) is 6.10 Å². The lowest BCUT2D eigenvalue weighted by molar-refractivity contribution is -0.123. The largest absolute Gasteiger partial charge is 0.449 e. The van der Waals surface area contributed by atoms with E-state index in [1.54, 1.807) is 31.2 Å². The Hall–Kier alpha value is -1.84. The van der Waals surface area contributed by atoms with Crippen LogP contribution in [0.5, 0.6) is 0 Å². The molecule has 1 aliphatic heterocycles. The number of nitrogens with one attached hydrogen (secondary N) is 1. The fraction of sp³-hybridized carbons (Fsp3) is 0.200. The number of carbonyl (C=O) groups excluding carboxylic acids is 2. The van der Waals surface area contributed by atoms with E-state index >= 15 is 0 Å². The molecule has 1 aromatic carbocycles. The Morgan fingerprint density at radius 3 is 2.79 bits per heavy atom. The van der Waals surface area contributed by atoms with Crippen LogP contribution in [-0.4, -0.2) is 18.0 Å². The van der Waals surface area contributed by atoms with E-state index in [9.17, 15) is 9.59 Å². The standard InChI is InChI=1S/C10H9NO3/c1-6-9(12)11-8-5-3-2-4-7(8)10(13)14-6/h2-6H,1H3,(H,11,12). The van der Waals surface area contributed by atoms with Crippen LogP contribution in [0.1, 0.15) is 17.3 Å². The summed E-state index contributed by atoms with van der Waals surface area (Å²) >= 11 is 0. The zero-order chi connectivity index (χ0) is 10.1. The quantitative estimate of drug-likeness (QED) is 0.626. The SMILES string of the molecule is CC1OC(=O)c2ccccc2NC1=O. The number of fused-ring (bicyclic) bond motifs is 1. The molecule has 0 aliphatic carbocycles. The van der Waals surface area contributed by atoms with E-state index in [-0.39, 0.29) is 5.91 Å². The van der Waals surface area contributed by atoms with Crippen LogP contribution in [0.25, 0.3) is 0 Å². The molecule has 1 aromatic rings. The van der Waals surface area contributed by atoms with Gasteiger partial charge in [0.05, 0.1) is 11.3 Å². The van der Waals surface area contributed by atoms with E-state index in [0.717, 1.165) is 0 Å². The predicted octanol–water partition coefficient (Wildman–Crippen LogP) is 1.18. The van der Waals surface area contributed by atoms with Crippen molar-refractivity contribution in [2.24, 2.45) is 0 Å². The van der Waals surface area contributed by atoms with Crippen molar-refractivity contribution >= 4 is 17.6 Å². The summed E-state index contributed by atoms with van der Waals surface area (Å²) in [6.07, 6.45) is -0.741. The van der Waals surface area contributed by atoms with Crippen LogP contribution in [0.4, 0.5) is 5.69 Å². The van der Waals surface area contributed by atoms with Crippen LogP contribution >= 0.6 is 0 Å². The highest BCUT2D eigenvalue weighted by Crippen LogP contribution is 2.20. The van der Waals surface area contributed by atoms with Crippen LogP contribution < -0.4 is 5.32 Å². The smallest absolute Gasteiger partial charge is 0.341 e. The average molecular weight is 191 g/mol. The van der Waals surface area contributed by atoms with Gasteiger partial charge in [-0.1, -0.05) is 12.1 Å². The third kappa shape index (κ3) is 1.35. The molecule has 1 amide bonds. The van der Waals surface area contributed by atoms with Gasteiger partial charge >= 0.3 is 5.97 Å². The van der Waals surface area contributed by atoms with E-state index < -0.39 is 12.1 Å². The van der Waals surface area contributed by atoms with Crippen LogP contribution in [-0.2, 0) is 9.53 Å². The second-order valence-corrected chi connectivity index (χ2v) is 3.08. The lowest BCUT2D eigenvalue weighted by Gasteiger charge is -2.06. The molecule has 2 rings (SSSR count). The molecule has 0 fully saturated rings. The van der Waals surface area contributed by atoms with Crippen molar-refractivity contribution < 1.29 is 14.3 Å². The van der Waals surface area contributed by atoms with Crippen LogP contribution in [0.3, 0.4) is 0 Å². The van der Waals surface area contributed by atoms with E-state index in [4.69, 9.17) is 4.74 Å². The van der Waals surface area contributed by atoms with Crippen molar-refractivity contribution in [3.8, 4) is 0 Å². The summed E-state index contributed by atoms with van der Waals surface area (Å²) in [4.78, 5) is 22.8. The number of para-hydroxylation sites is 1. The first-order valence-corrected chi connectivity index (χ1v) is 4.29. The Kier molecular flexibility index (Phi) is 1.96. The minimum absolute atomic E-state index is 0.302. The van der Waals surface area contributed by atoms with Gasteiger partial charge in [0.2, 0.25) is 0 Å². The molecule has 0 spiro atoms. The van der Waals surface area contributed by atoms with Gasteiger partial charge in [-0.15, -0.1) is 0 Å². The summed E-state index contributed by atoms with van der Waals surface area (Å²) in [5.41, 5.74) is 0.900. The highest BCUT2D eigenvalue weighted by Gasteiger charge is 2.25. The van der Waals surface area contributed by atoms with Crippen LogP contribution in [0, 0.1) is 0 Å². The normalized spacial score (nSPS) is 20.5. The Labute approximate surface area is 80.9 Å². The van der Waals surface area contributed by atoms with Gasteiger partial charge in [-0.2, -0.15) is 0 Å². The molecule has 1 unspecified atom stereocenters. The lowest BCUT2D eigenvalue weighted by atomic mass is 10.2. The van der Waals surface area contributed by atoms with Crippen molar-refractivity contribution in [2.45, 2.75) is 13.0 Å². The molecule has 72 valence electrons. The van der Waals surface area contributed by atoms with Crippen molar-refractivity contribution in [1.82, 2.24) is 0 Å². The monoisotopic (exact) mass is 191 g/mol. The van der Waals surface area contributed by atoms with E-state index in [1.807, 2.05) is 0 Å². The van der Waals surface area contributed by atoms with Crippen molar-refractivity contribution in [3.05, 3.63) is 29.8 Å². The van der Waals surface area contributed by atoms with Crippen molar-refractivity contribution in [1.29, 1.82) is 0 Å². The second-order valence-electron chi connectivity index (χ2n) is 3.08. The highest BCUT2D eigenvalue weighted by atomic mass is 16.5. The number of hydrogen-bond acceptors (Lipinski definition) is 3. The molecule has 1 N–H and O–H groups in total. The van der Waals surface area contributed by atoms with Gasteiger partial charge in [-0.05, 0) is 19.1 Å². The molecule has 0 bridgehead atoms. The Morgan fingerprint density at radius 2 is 2.00 bits per heavy atom. The number of benzene rings is 1. The fourth-order valence-corrected chi connectivity index (χ4v) is 1.28. The molecule has 1 atom stereocenters. The molecule has 0 aromatic heterocycles. The maximum atomic E-state index is 11.4. The Morgan fingerprint density at radius 1 is 1.29 bits per heavy atom. The number of anilines is 1. The summed E-state index contributed by atoms with van der Waals surface area (Å²) in [5, 5.41) is 2.62. The number of hydrogen-bond donors (Lipinski definition) is 1. The van der Waals surface area contributed by atoms with Gasteiger partial charge in [-0.25, -0.2) is 4.79 Å². The molecular weight excluding hydrogens is 182 g/mol. The van der Waals surface area contributed by atoms with Gasteiger partial charge < -0.3 is 10.1 Å². The second kappa shape index (κ2) is 3.14. The topological polar surface area (TPSA) is 55.4 Å². The summed E-state index contributed by atoms with van der Waals surface area (Å²) in [6, 6.07) is 6.77. The first-order chi connectivity index (χ1) is 6.68. The molecule has 14 heavy (non-hydrogen) atoms. The van der Waals surface area contributed by atoms with Gasteiger partial charge in [0.1, 0.15) is 0 Å². The maximum Gasteiger partial charge on any atom is 0.341 e. The average Bonchev–Trinajstić information content (AvgIpc) is 2.27. The van der Waals surface area contributed by atoms with E-state index in [0.29, 0.717) is 11.3 Å². The first kappa shape index (κ1) is 8.74. The minimum atomic E-state index is -0.741. The van der Waals surface area contributed by atoms with Gasteiger partial charge in [-0.3, -0.25) is 4.79 Å². The van der Waals surface area contributed by atoms with Gasteiger partial charge in [0.25, 0.3) is 5.91 Å². The summed E-state index contributed by atoms with van der Waals surface area (Å²) < 4.78 is 4.90. The molecule has 0 saturated heterocycles. The third-order valence-corrected chi connectivity index (χ3v) is 2.06. The molecule has 4 heteroatoms. The molecule has 4 nitrogen and oxygen atoms in total. The lowest BCUT2D eigenvalue weighted by Crippen LogP contribution is -2.26. The zero-order valence-corrected chi connectivity index (χ0v) is 7.61. The minimum Gasteiger partial charge on any atom is -0.449 e. The van der Waals surface area contributed by atoms with Crippen molar-refractivity contribution in [2.75, 3.05) is 5.32 Å². The molecular formula is C10H9NO3. The van der Waals surface area contributed by atoms with E-state index in [2.05, 4.69) is 5.32 Å². The van der Waals surface area contributed by atoms with Crippen LogP contribution in [0.2, 0.25) is 0 Å². The number of rotatable bonds is 0.